The first-order valence-electron chi connectivity index (χ1n) is 8.04. The molecular formula is C18H28OS. The third kappa shape index (κ3) is 7.14. The highest BCUT2D eigenvalue weighted by molar-refractivity contribution is 7.99. The first-order valence-corrected chi connectivity index (χ1v) is 9.02. The van der Waals surface area contributed by atoms with Crippen LogP contribution in [0.5, 0.6) is 0 Å². The fraction of sp³-hybridized carbons (Fsp3) is 0.611. The van der Waals surface area contributed by atoms with Gasteiger partial charge in [-0.05, 0) is 24.3 Å². The zero-order chi connectivity index (χ0) is 14.6. The van der Waals surface area contributed by atoms with Gasteiger partial charge >= 0.3 is 0 Å². The predicted molar refractivity (Wildman–Crippen MR) is 89.8 cm³/mol. The summed E-state index contributed by atoms with van der Waals surface area (Å²) in [4.78, 5) is 13.3. The molecule has 0 amide bonds. The van der Waals surface area contributed by atoms with Gasteiger partial charge in [0.2, 0.25) is 0 Å². The molecular weight excluding hydrogens is 264 g/mol. The molecule has 0 spiro atoms. The SMILES string of the molecule is CCCCCCCCCC(=O)c1ccc(SCC)cc1. The third-order valence-corrected chi connectivity index (χ3v) is 4.39. The van der Waals surface area contributed by atoms with Gasteiger partial charge in [-0.15, -0.1) is 11.8 Å². The topological polar surface area (TPSA) is 17.1 Å². The Morgan fingerprint density at radius 3 is 2.10 bits per heavy atom. The minimum absolute atomic E-state index is 0.298. The molecule has 20 heavy (non-hydrogen) atoms. The normalized spacial score (nSPS) is 10.7. The lowest BCUT2D eigenvalue weighted by atomic mass is 10.0. The number of hydrogen-bond acceptors (Lipinski definition) is 2. The minimum atomic E-state index is 0.298. The maximum Gasteiger partial charge on any atom is 0.162 e. The van der Waals surface area contributed by atoms with Gasteiger partial charge in [0.1, 0.15) is 0 Å². The van der Waals surface area contributed by atoms with Crippen molar-refractivity contribution in [3.05, 3.63) is 29.8 Å². The molecule has 0 atom stereocenters. The zero-order valence-corrected chi connectivity index (χ0v) is 13.8. The predicted octanol–water partition coefficient (Wildman–Crippen LogP) is 6.12. The van der Waals surface area contributed by atoms with Gasteiger partial charge in [0.15, 0.2) is 5.78 Å². The van der Waals surface area contributed by atoms with Crippen LogP contribution in [0.4, 0.5) is 0 Å². The quantitative estimate of drug-likeness (QED) is 0.277. The van der Waals surface area contributed by atoms with E-state index >= 15 is 0 Å². The van der Waals surface area contributed by atoms with Gasteiger partial charge in [0, 0.05) is 16.9 Å². The van der Waals surface area contributed by atoms with Crippen molar-refractivity contribution in [1.82, 2.24) is 0 Å². The van der Waals surface area contributed by atoms with Crippen molar-refractivity contribution >= 4 is 17.5 Å². The molecule has 0 N–H and O–H groups in total. The van der Waals surface area contributed by atoms with Crippen LogP contribution in [0.1, 0.15) is 75.6 Å². The molecule has 0 unspecified atom stereocenters. The molecule has 0 aromatic heterocycles. The first-order chi connectivity index (χ1) is 9.77. The Balaban J connectivity index is 2.18. The second kappa shape index (κ2) is 11.0. The number of carbonyl (C=O) groups is 1. The number of hydrogen-bond donors (Lipinski definition) is 0. The van der Waals surface area contributed by atoms with Crippen LogP contribution in [0.25, 0.3) is 0 Å². The second-order valence-corrected chi connectivity index (χ2v) is 6.59. The van der Waals surface area contributed by atoms with E-state index in [0.717, 1.165) is 17.7 Å². The second-order valence-electron chi connectivity index (χ2n) is 5.25. The van der Waals surface area contributed by atoms with E-state index in [1.165, 1.54) is 43.4 Å². The van der Waals surface area contributed by atoms with Crippen LogP contribution in [0, 0.1) is 0 Å². The summed E-state index contributed by atoms with van der Waals surface area (Å²) in [6, 6.07) is 8.07. The molecule has 0 aliphatic heterocycles. The highest BCUT2D eigenvalue weighted by Crippen LogP contribution is 2.19. The summed E-state index contributed by atoms with van der Waals surface area (Å²) >= 11 is 1.82. The zero-order valence-electron chi connectivity index (χ0n) is 13.0. The van der Waals surface area contributed by atoms with Gasteiger partial charge < -0.3 is 0 Å². The smallest absolute Gasteiger partial charge is 0.162 e. The molecule has 0 saturated carbocycles. The maximum absolute atomic E-state index is 12.0. The Morgan fingerprint density at radius 1 is 0.900 bits per heavy atom. The van der Waals surface area contributed by atoms with Crippen LogP contribution in [0.3, 0.4) is 0 Å². The lowest BCUT2D eigenvalue weighted by Crippen LogP contribution is -1.98. The van der Waals surface area contributed by atoms with Gasteiger partial charge in [-0.2, -0.15) is 0 Å². The first kappa shape index (κ1) is 17.3. The van der Waals surface area contributed by atoms with Crippen molar-refractivity contribution in [2.24, 2.45) is 0 Å². The van der Waals surface area contributed by atoms with Gasteiger partial charge in [-0.25, -0.2) is 0 Å². The Morgan fingerprint density at radius 2 is 1.50 bits per heavy atom. The molecule has 0 heterocycles. The number of benzene rings is 1. The van der Waals surface area contributed by atoms with E-state index in [0.29, 0.717) is 12.2 Å². The molecule has 1 aromatic rings. The van der Waals surface area contributed by atoms with Crippen molar-refractivity contribution in [3.63, 3.8) is 0 Å². The van der Waals surface area contributed by atoms with Crippen LogP contribution < -0.4 is 0 Å². The minimum Gasteiger partial charge on any atom is -0.294 e. The van der Waals surface area contributed by atoms with Gasteiger partial charge in [0.25, 0.3) is 0 Å². The summed E-state index contributed by atoms with van der Waals surface area (Å²) in [5.74, 6) is 1.37. The number of rotatable bonds is 11. The van der Waals surface area contributed by atoms with Crippen molar-refractivity contribution in [1.29, 1.82) is 0 Å². The Labute approximate surface area is 128 Å². The molecule has 1 nitrogen and oxygen atoms in total. The van der Waals surface area contributed by atoms with Crippen LogP contribution in [-0.4, -0.2) is 11.5 Å². The lowest BCUT2D eigenvalue weighted by molar-refractivity contribution is 0.0979. The van der Waals surface area contributed by atoms with E-state index in [9.17, 15) is 4.79 Å². The van der Waals surface area contributed by atoms with E-state index in [1.54, 1.807) is 0 Å². The molecule has 1 rings (SSSR count). The highest BCUT2D eigenvalue weighted by atomic mass is 32.2. The molecule has 0 saturated heterocycles. The number of ketones is 1. The lowest BCUT2D eigenvalue weighted by Gasteiger charge is -2.03. The van der Waals surface area contributed by atoms with Gasteiger partial charge in [0.05, 0.1) is 0 Å². The van der Waals surface area contributed by atoms with Gasteiger partial charge in [-0.3, -0.25) is 4.79 Å². The molecule has 0 aliphatic carbocycles. The van der Waals surface area contributed by atoms with E-state index in [4.69, 9.17) is 0 Å². The standard InChI is InChI=1S/C18H28OS/c1-3-5-6-7-8-9-10-11-18(19)16-12-14-17(15-13-16)20-4-2/h12-15H,3-11H2,1-2H3. The molecule has 0 fully saturated rings. The Hall–Kier alpha value is -0.760. The molecule has 0 radical (unpaired) electrons. The van der Waals surface area contributed by atoms with Crippen molar-refractivity contribution < 1.29 is 4.79 Å². The number of unbranched alkanes of at least 4 members (excludes halogenated alkanes) is 6. The molecule has 1 aromatic carbocycles. The average molecular weight is 292 g/mol. The number of thioether (sulfide) groups is 1. The van der Waals surface area contributed by atoms with Crippen LogP contribution >= 0.6 is 11.8 Å². The van der Waals surface area contributed by atoms with Crippen LogP contribution in [0.2, 0.25) is 0 Å². The van der Waals surface area contributed by atoms with Gasteiger partial charge in [-0.1, -0.05) is 64.5 Å². The van der Waals surface area contributed by atoms with Crippen molar-refractivity contribution in [2.75, 3.05) is 5.75 Å². The largest absolute Gasteiger partial charge is 0.294 e. The van der Waals surface area contributed by atoms with Crippen molar-refractivity contribution in [2.45, 2.75) is 70.1 Å². The molecule has 0 aliphatic rings. The fourth-order valence-corrected chi connectivity index (χ4v) is 2.95. The van der Waals surface area contributed by atoms with Crippen LogP contribution in [-0.2, 0) is 0 Å². The van der Waals surface area contributed by atoms with E-state index < -0.39 is 0 Å². The Kier molecular flexibility index (Phi) is 9.48. The summed E-state index contributed by atoms with van der Waals surface area (Å²) in [5.41, 5.74) is 0.872. The summed E-state index contributed by atoms with van der Waals surface area (Å²) in [7, 11) is 0. The summed E-state index contributed by atoms with van der Waals surface area (Å²) in [6.45, 7) is 4.38. The molecule has 0 bridgehead atoms. The molecule has 2 heteroatoms. The average Bonchev–Trinajstić information content (AvgIpc) is 2.47. The van der Waals surface area contributed by atoms with E-state index in [-0.39, 0.29) is 0 Å². The highest BCUT2D eigenvalue weighted by Gasteiger charge is 2.05. The summed E-state index contributed by atoms with van der Waals surface area (Å²) in [5, 5.41) is 0. The number of Topliss-reactive ketones (excluding diaryl/α,β-unsaturated/α-hetero) is 1. The fourth-order valence-electron chi connectivity index (χ4n) is 2.29. The third-order valence-electron chi connectivity index (χ3n) is 3.49. The molecule has 112 valence electrons. The Bertz CT molecular complexity index is 370. The maximum atomic E-state index is 12.0. The van der Waals surface area contributed by atoms with E-state index in [1.807, 2.05) is 23.9 Å². The number of carbonyl (C=O) groups excluding carboxylic acids is 1. The van der Waals surface area contributed by atoms with E-state index in [2.05, 4.69) is 26.0 Å². The van der Waals surface area contributed by atoms with Crippen molar-refractivity contribution in [3.8, 4) is 0 Å². The summed E-state index contributed by atoms with van der Waals surface area (Å²) < 4.78 is 0. The monoisotopic (exact) mass is 292 g/mol. The summed E-state index contributed by atoms with van der Waals surface area (Å²) in [6.07, 6.45) is 9.53. The van der Waals surface area contributed by atoms with Crippen LogP contribution in [0.15, 0.2) is 29.2 Å².